The van der Waals surface area contributed by atoms with Gasteiger partial charge in [-0.2, -0.15) is 0 Å². The summed E-state index contributed by atoms with van der Waals surface area (Å²) >= 11 is 0. The summed E-state index contributed by atoms with van der Waals surface area (Å²) in [6.45, 7) is 4.48. The second-order valence-corrected chi connectivity index (χ2v) is 6.59. The number of hydrogen-bond acceptors (Lipinski definition) is 2. The topological polar surface area (TPSA) is 50.8 Å². The van der Waals surface area contributed by atoms with Gasteiger partial charge < -0.3 is 15.4 Å². The van der Waals surface area contributed by atoms with Crippen molar-refractivity contribution in [3.8, 4) is 0 Å². The molecule has 0 bridgehead atoms. The van der Waals surface area contributed by atoms with Crippen LogP contribution in [0.15, 0.2) is 47.5 Å². The Labute approximate surface area is 136 Å². The summed E-state index contributed by atoms with van der Waals surface area (Å²) in [4.78, 5) is 6.92. The van der Waals surface area contributed by atoms with Crippen molar-refractivity contribution in [2.45, 2.75) is 31.4 Å². The minimum absolute atomic E-state index is 0.227. The highest BCUT2D eigenvalue weighted by Crippen LogP contribution is 2.45. The van der Waals surface area contributed by atoms with Crippen LogP contribution in [0.2, 0.25) is 0 Å². The number of ether oxygens (including phenoxy) is 1. The SMILES string of the molecule is CC1CN(C(N)=N[C@@H]2C[C@H]2c2cccc3ccccc23)CCO1. The van der Waals surface area contributed by atoms with Crippen molar-refractivity contribution in [1.82, 2.24) is 4.90 Å². The molecular formula is C19H23N3O. The molecule has 120 valence electrons. The van der Waals surface area contributed by atoms with E-state index in [9.17, 15) is 0 Å². The molecular weight excluding hydrogens is 286 g/mol. The Morgan fingerprint density at radius 3 is 2.91 bits per heavy atom. The minimum atomic E-state index is 0.227. The Hall–Kier alpha value is -2.07. The predicted octanol–water partition coefficient (Wildman–Crippen LogP) is 2.73. The minimum Gasteiger partial charge on any atom is -0.375 e. The van der Waals surface area contributed by atoms with Gasteiger partial charge in [0.05, 0.1) is 18.8 Å². The zero-order valence-electron chi connectivity index (χ0n) is 13.5. The fourth-order valence-corrected chi connectivity index (χ4v) is 3.51. The Morgan fingerprint density at radius 1 is 1.22 bits per heavy atom. The highest BCUT2D eigenvalue weighted by molar-refractivity contribution is 5.87. The standard InChI is InChI=1S/C19H23N3O/c1-13-12-22(9-10-23-13)19(20)21-18-11-17(18)16-8-4-6-14-5-2-3-7-15(14)16/h2-8,13,17-18H,9-12H2,1H3,(H2,20,21)/t13?,17-,18+/m0/s1. The van der Waals surface area contributed by atoms with Crippen LogP contribution in [-0.2, 0) is 4.74 Å². The molecule has 4 nitrogen and oxygen atoms in total. The van der Waals surface area contributed by atoms with E-state index < -0.39 is 0 Å². The molecule has 3 atom stereocenters. The third-order valence-corrected chi connectivity index (χ3v) is 4.84. The summed E-state index contributed by atoms with van der Waals surface area (Å²) in [6, 6.07) is 15.4. The lowest BCUT2D eigenvalue weighted by molar-refractivity contribution is 0.00528. The number of rotatable bonds is 2. The molecule has 1 aliphatic heterocycles. The van der Waals surface area contributed by atoms with Gasteiger partial charge in [0.25, 0.3) is 0 Å². The van der Waals surface area contributed by atoms with E-state index in [-0.39, 0.29) is 6.10 Å². The normalized spacial score (nSPS) is 28.1. The molecule has 2 aliphatic rings. The molecule has 4 heteroatoms. The first-order valence-corrected chi connectivity index (χ1v) is 8.40. The Bertz CT molecular complexity index is 737. The zero-order chi connectivity index (χ0) is 15.8. The molecule has 0 aromatic heterocycles. The van der Waals surface area contributed by atoms with Gasteiger partial charge in [-0.25, -0.2) is 4.99 Å². The fraction of sp³-hybridized carbons (Fsp3) is 0.421. The summed E-state index contributed by atoms with van der Waals surface area (Å²) in [5.74, 6) is 1.17. The fourth-order valence-electron chi connectivity index (χ4n) is 3.51. The number of guanidine groups is 1. The summed E-state index contributed by atoms with van der Waals surface area (Å²) in [7, 11) is 0. The highest BCUT2D eigenvalue weighted by atomic mass is 16.5. The van der Waals surface area contributed by atoms with Crippen LogP contribution in [-0.4, -0.2) is 42.7 Å². The molecule has 1 aliphatic carbocycles. The molecule has 1 heterocycles. The van der Waals surface area contributed by atoms with Crippen molar-refractivity contribution < 1.29 is 4.74 Å². The maximum absolute atomic E-state index is 6.22. The van der Waals surface area contributed by atoms with Crippen molar-refractivity contribution in [2.24, 2.45) is 10.7 Å². The smallest absolute Gasteiger partial charge is 0.191 e. The van der Waals surface area contributed by atoms with E-state index in [2.05, 4.69) is 54.3 Å². The van der Waals surface area contributed by atoms with Crippen LogP contribution in [0, 0.1) is 0 Å². The van der Waals surface area contributed by atoms with Crippen LogP contribution in [0.4, 0.5) is 0 Å². The third-order valence-electron chi connectivity index (χ3n) is 4.84. The Balaban J connectivity index is 1.52. The molecule has 1 saturated heterocycles. The first-order chi connectivity index (χ1) is 11.2. The molecule has 23 heavy (non-hydrogen) atoms. The van der Waals surface area contributed by atoms with Gasteiger partial charge in [-0.15, -0.1) is 0 Å². The van der Waals surface area contributed by atoms with E-state index in [0.29, 0.717) is 17.9 Å². The van der Waals surface area contributed by atoms with Crippen molar-refractivity contribution in [1.29, 1.82) is 0 Å². The number of fused-ring (bicyclic) bond motifs is 1. The Morgan fingerprint density at radius 2 is 2.04 bits per heavy atom. The maximum atomic E-state index is 6.22. The Kier molecular flexibility index (Phi) is 3.69. The number of benzene rings is 2. The second kappa shape index (κ2) is 5.85. The average Bonchev–Trinajstić information content (AvgIpc) is 3.33. The van der Waals surface area contributed by atoms with Crippen LogP contribution in [0.3, 0.4) is 0 Å². The maximum Gasteiger partial charge on any atom is 0.191 e. The van der Waals surface area contributed by atoms with E-state index in [1.807, 2.05) is 0 Å². The van der Waals surface area contributed by atoms with Crippen molar-refractivity contribution in [3.63, 3.8) is 0 Å². The number of morpholine rings is 1. The number of hydrogen-bond donors (Lipinski definition) is 1. The van der Waals surface area contributed by atoms with E-state index in [0.717, 1.165) is 26.1 Å². The van der Waals surface area contributed by atoms with Crippen LogP contribution in [0.1, 0.15) is 24.8 Å². The first kappa shape index (κ1) is 14.5. The third kappa shape index (κ3) is 2.91. The molecule has 2 aromatic rings. The van der Waals surface area contributed by atoms with E-state index in [4.69, 9.17) is 15.5 Å². The zero-order valence-corrected chi connectivity index (χ0v) is 13.5. The molecule has 2 aromatic carbocycles. The summed E-state index contributed by atoms with van der Waals surface area (Å²) < 4.78 is 5.57. The van der Waals surface area contributed by atoms with E-state index in [1.165, 1.54) is 16.3 Å². The van der Waals surface area contributed by atoms with Crippen LogP contribution < -0.4 is 5.73 Å². The van der Waals surface area contributed by atoms with E-state index in [1.54, 1.807) is 0 Å². The summed E-state index contributed by atoms with van der Waals surface area (Å²) in [5, 5.41) is 2.64. The van der Waals surface area contributed by atoms with Crippen LogP contribution in [0.25, 0.3) is 10.8 Å². The largest absolute Gasteiger partial charge is 0.375 e. The van der Waals surface area contributed by atoms with Crippen molar-refractivity contribution in [2.75, 3.05) is 19.7 Å². The number of nitrogens with zero attached hydrogens (tertiary/aromatic N) is 2. The first-order valence-electron chi connectivity index (χ1n) is 8.40. The molecule has 0 radical (unpaired) electrons. The van der Waals surface area contributed by atoms with Gasteiger partial charge in [-0.05, 0) is 29.7 Å². The molecule has 1 saturated carbocycles. The van der Waals surface area contributed by atoms with Crippen LogP contribution >= 0.6 is 0 Å². The summed E-state index contributed by atoms with van der Waals surface area (Å²) in [5.41, 5.74) is 7.63. The average molecular weight is 309 g/mol. The van der Waals surface area contributed by atoms with Gasteiger partial charge in [-0.1, -0.05) is 42.5 Å². The lowest BCUT2D eigenvalue weighted by Gasteiger charge is -2.31. The van der Waals surface area contributed by atoms with Crippen molar-refractivity contribution in [3.05, 3.63) is 48.0 Å². The van der Waals surface area contributed by atoms with Gasteiger partial charge in [0.2, 0.25) is 0 Å². The number of aliphatic imine (C=N–C) groups is 1. The quantitative estimate of drug-likeness (QED) is 0.685. The van der Waals surface area contributed by atoms with Crippen LogP contribution in [0.5, 0.6) is 0 Å². The highest BCUT2D eigenvalue weighted by Gasteiger charge is 2.39. The lowest BCUT2D eigenvalue weighted by atomic mass is 10.0. The second-order valence-electron chi connectivity index (χ2n) is 6.59. The van der Waals surface area contributed by atoms with Gasteiger partial charge in [0.15, 0.2) is 5.96 Å². The molecule has 4 rings (SSSR count). The number of nitrogens with two attached hydrogens (primary N) is 1. The molecule has 2 N–H and O–H groups in total. The lowest BCUT2D eigenvalue weighted by Crippen LogP contribution is -2.48. The van der Waals surface area contributed by atoms with Gasteiger partial charge >= 0.3 is 0 Å². The molecule has 2 fully saturated rings. The van der Waals surface area contributed by atoms with Gasteiger partial charge in [-0.3, -0.25) is 0 Å². The predicted molar refractivity (Wildman–Crippen MR) is 93.7 cm³/mol. The summed E-state index contributed by atoms with van der Waals surface area (Å²) in [6.07, 6.45) is 1.32. The van der Waals surface area contributed by atoms with Gasteiger partial charge in [0.1, 0.15) is 0 Å². The molecule has 1 unspecified atom stereocenters. The van der Waals surface area contributed by atoms with E-state index >= 15 is 0 Å². The van der Waals surface area contributed by atoms with Gasteiger partial charge in [0, 0.05) is 19.0 Å². The monoisotopic (exact) mass is 309 g/mol. The molecule has 0 spiro atoms. The van der Waals surface area contributed by atoms with Crippen molar-refractivity contribution >= 4 is 16.7 Å². The molecule has 0 amide bonds.